The second-order valence-corrected chi connectivity index (χ2v) is 6.46. The van der Waals surface area contributed by atoms with E-state index in [2.05, 4.69) is 27.2 Å². The van der Waals surface area contributed by atoms with E-state index in [0.717, 1.165) is 44.7 Å². The van der Waals surface area contributed by atoms with E-state index in [9.17, 15) is 8.78 Å². The number of nitrogens with one attached hydrogen (secondary N) is 1. The Morgan fingerprint density at radius 2 is 2.21 bits per heavy atom. The van der Waals surface area contributed by atoms with E-state index in [-0.39, 0.29) is 0 Å². The number of aryl methyl sites for hydroxylation is 1. The first-order valence-corrected chi connectivity index (χ1v) is 8.37. The predicted molar refractivity (Wildman–Crippen MR) is 88.8 cm³/mol. The van der Waals surface area contributed by atoms with Crippen molar-refractivity contribution in [2.24, 2.45) is 5.92 Å². The molecule has 0 amide bonds. The van der Waals surface area contributed by atoms with Gasteiger partial charge in [-0.3, -0.25) is 4.68 Å². The van der Waals surface area contributed by atoms with Crippen molar-refractivity contribution in [3.8, 4) is 0 Å². The summed E-state index contributed by atoms with van der Waals surface area (Å²) < 4.78 is 28.2. The zero-order valence-corrected chi connectivity index (χ0v) is 13.8. The molecule has 2 atom stereocenters. The summed E-state index contributed by atoms with van der Waals surface area (Å²) in [6.07, 6.45) is 5.32. The molecule has 3 rings (SSSR count). The molecule has 7 heteroatoms. The van der Waals surface area contributed by atoms with Gasteiger partial charge in [-0.15, -0.1) is 0 Å². The fourth-order valence-corrected chi connectivity index (χ4v) is 3.06. The van der Waals surface area contributed by atoms with Gasteiger partial charge in [0.05, 0.1) is 0 Å². The van der Waals surface area contributed by atoms with Crippen molar-refractivity contribution >= 4 is 5.69 Å². The van der Waals surface area contributed by atoms with Crippen LogP contribution in [0.1, 0.15) is 19.8 Å². The molecule has 1 aliphatic heterocycles. The van der Waals surface area contributed by atoms with Crippen LogP contribution >= 0.6 is 0 Å². The average molecular weight is 335 g/mol. The van der Waals surface area contributed by atoms with Crippen molar-refractivity contribution in [3.63, 3.8) is 0 Å². The normalized spacial score (nSPS) is 19.0. The van der Waals surface area contributed by atoms with Crippen LogP contribution in [0.2, 0.25) is 0 Å². The van der Waals surface area contributed by atoms with Gasteiger partial charge in [-0.25, -0.2) is 13.8 Å². The molecule has 130 valence electrons. The summed E-state index contributed by atoms with van der Waals surface area (Å²) in [5.41, 5.74) is 0.760. The first kappa shape index (κ1) is 16.8. The lowest BCUT2D eigenvalue weighted by molar-refractivity contribution is 0.420. The smallest absolute Gasteiger partial charge is 0.160 e. The Morgan fingerprint density at radius 3 is 2.96 bits per heavy atom. The third-order valence-corrected chi connectivity index (χ3v) is 4.57. The highest BCUT2D eigenvalue weighted by atomic mass is 19.2. The summed E-state index contributed by atoms with van der Waals surface area (Å²) in [5.74, 6) is -1.06. The minimum Gasteiger partial charge on any atom is -0.371 e. The Kier molecular flexibility index (Phi) is 5.40. The number of halogens is 2. The van der Waals surface area contributed by atoms with Crippen molar-refractivity contribution in [1.29, 1.82) is 0 Å². The number of rotatable bonds is 7. The van der Waals surface area contributed by atoms with Crippen LogP contribution in [0.3, 0.4) is 0 Å². The lowest BCUT2D eigenvalue weighted by Gasteiger charge is -2.20. The zero-order chi connectivity index (χ0) is 16.9. The Hall–Kier alpha value is -2.02. The highest BCUT2D eigenvalue weighted by Gasteiger charge is 2.23. The van der Waals surface area contributed by atoms with Crippen LogP contribution in [0.15, 0.2) is 30.9 Å². The summed E-state index contributed by atoms with van der Waals surface area (Å²) in [5, 5.41) is 7.65. The summed E-state index contributed by atoms with van der Waals surface area (Å²) in [6.45, 7) is 5.69. The monoisotopic (exact) mass is 335 g/mol. The predicted octanol–water partition coefficient (Wildman–Crippen LogP) is 2.45. The molecule has 24 heavy (non-hydrogen) atoms. The SMILES string of the molecule is C[C@@H](CCn1cncn1)NC[C@@H]1CCN(c2ccc(F)c(F)c2)C1. The van der Waals surface area contributed by atoms with Crippen molar-refractivity contribution in [3.05, 3.63) is 42.5 Å². The summed E-state index contributed by atoms with van der Waals surface area (Å²) in [4.78, 5) is 6.05. The number of aromatic nitrogens is 3. The van der Waals surface area contributed by atoms with E-state index in [0.29, 0.717) is 12.0 Å². The molecule has 1 N–H and O–H groups in total. The zero-order valence-electron chi connectivity index (χ0n) is 13.8. The van der Waals surface area contributed by atoms with Crippen LogP contribution in [0, 0.1) is 17.6 Å². The molecule has 0 saturated carbocycles. The topological polar surface area (TPSA) is 46.0 Å². The maximum absolute atomic E-state index is 13.4. The number of hydrogen-bond acceptors (Lipinski definition) is 4. The highest BCUT2D eigenvalue weighted by molar-refractivity contribution is 5.47. The Balaban J connectivity index is 1.41. The van der Waals surface area contributed by atoms with Gasteiger partial charge in [-0.05, 0) is 44.4 Å². The molecular weight excluding hydrogens is 312 g/mol. The van der Waals surface area contributed by atoms with Gasteiger partial charge in [0.2, 0.25) is 0 Å². The van der Waals surface area contributed by atoms with Crippen molar-refractivity contribution in [1.82, 2.24) is 20.1 Å². The molecule has 2 aromatic rings. The Labute approximate surface area is 140 Å². The molecule has 1 aromatic carbocycles. The molecule has 1 saturated heterocycles. The van der Waals surface area contributed by atoms with Crippen LogP contribution in [-0.2, 0) is 6.54 Å². The molecule has 0 radical (unpaired) electrons. The van der Waals surface area contributed by atoms with Gasteiger partial charge < -0.3 is 10.2 Å². The molecule has 0 unspecified atom stereocenters. The minimum atomic E-state index is -0.794. The van der Waals surface area contributed by atoms with E-state index in [1.165, 1.54) is 12.1 Å². The number of benzene rings is 1. The van der Waals surface area contributed by atoms with Gasteiger partial charge in [0.25, 0.3) is 0 Å². The second-order valence-electron chi connectivity index (χ2n) is 6.46. The van der Waals surface area contributed by atoms with E-state index in [4.69, 9.17) is 0 Å². The summed E-state index contributed by atoms with van der Waals surface area (Å²) in [7, 11) is 0. The number of hydrogen-bond donors (Lipinski definition) is 1. The molecule has 1 aromatic heterocycles. The van der Waals surface area contributed by atoms with Crippen LogP contribution in [0.25, 0.3) is 0 Å². The van der Waals surface area contributed by atoms with Gasteiger partial charge in [0.1, 0.15) is 12.7 Å². The largest absolute Gasteiger partial charge is 0.371 e. The third kappa shape index (κ3) is 4.29. The number of anilines is 1. The van der Waals surface area contributed by atoms with Crippen LogP contribution < -0.4 is 10.2 Å². The summed E-state index contributed by atoms with van der Waals surface area (Å²) in [6, 6.07) is 4.52. The van der Waals surface area contributed by atoms with Gasteiger partial charge in [0.15, 0.2) is 11.6 Å². The van der Waals surface area contributed by atoms with Crippen molar-refractivity contribution < 1.29 is 8.78 Å². The molecule has 0 spiro atoms. The Bertz CT molecular complexity index is 646. The third-order valence-electron chi connectivity index (χ3n) is 4.57. The lowest BCUT2D eigenvalue weighted by atomic mass is 10.1. The van der Waals surface area contributed by atoms with Gasteiger partial charge >= 0.3 is 0 Å². The first-order valence-electron chi connectivity index (χ1n) is 8.37. The van der Waals surface area contributed by atoms with E-state index >= 15 is 0 Å². The standard InChI is InChI=1S/C17H23F2N5/c1-13(4-7-24-12-20-11-22-24)21-9-14-5-6-23(10-14)15-2-3-16(18)17(19)8-15/h2-3,8,11-14,21H,4-7,9-10H2,1H3/t13-,14-/m0/s1. The number of nitrogens with zero attached hydrogens (tertiary/aromatic N) is 4. The van der Waals surface area contributed by atoms with Crippen LogP contribution in [0.5, 0.6) is 0 Å². The molecular formula is C17H23F2N5. The van der Waals surface area contributed by atoms with Gasteiger partial charge in [-0.2, -0.15) is 5.10 Å². The quantitative estimate of drug-likeness (QED) is 0.844. The van der Waals surface area contributed by atoms with E-state index in [1.807, 2.05) is 4.68 Å². The second kappa shape index (κ2) is 7.70. The van der Waals surface area contributed by atoms with E-state index in [1.54, 1.807) is 18.7 Å². The Morgan fingerprint density at radius 1 is 1.33 bits per heavy atom. The highest BCUT2D eigenvalue weighted by Crippen LogP contribution is 2.25. The van der Waals surface area contributed by atoms with Gasteiger partial charge in [0, 0.05) is 37.4 Å². The first-order chi connectivity index (χ1) is 11.6. The minimum absolute atomic E-state index is 0.395. The molecule has 1 fully saturated rings. The summed E-state index contributed by atoms with van der Waals surface area (Å²) >= 11 is 0. The molecule has 1 aliphatic rings. The maximum atomic E-state index is 13.4. The fourth-order valence-electron chi connectivity index (χ4n) is 3.06. The maximum Gasteiger partial charge on any atom is 0.160 e. The van der Waals surface area contributed by atoms with Crippen LogP contribution in [-0.4, -0.2) is 40.4 Å². The molecule has 5 nitrogen and oxygen atoms in total. The van der Waals surface area contributed by atoms with Crippen LogP contribution in [0.4, 0.5) is 14.5 Å². The molecule has 2 heterocycles. The van der Waals surface area contributed by atoms with E-state index < -0.39 is 11.6 Å². The van der Waals surface area contributed by atoms with Crippen molar-refractivity contribution in [2.45, 2.75) is 32.4 Å². The average Bonchev–Trinajstić information content (AvgIpc) is 3.25. The molecule has 0 bridgehead atoms. The fraction of sp³-hybridized carbons (Fsp3) is 0.529. The molecule has 0 aliphatic carbocycles. The van der Waals surface area contributed by atoms with Gasteiger partial charge in [-0.1, -0.05) is 0 Å². The lowest BCUT2D eigenvalue weighted by Crippen LogP contribution is -2.33. The van der Waals surface area contributed by atoms with Crippen molar-refractivity contribution in [2.75, 3.05) is 24.5 Å².